The smallest absolute Gasteiger partial charge is 0.291 e. The Labute approximate surface area is 51.6 Å². The number of hydrogen-bond acceptors (Lipinski definition) is 2. The third-order valence-electron chi connectivity index (χ3n) is 0. The topological polar surface area (TPSA) is 126 Å². The molecule has 49 valence electrons. The van der Waals surface area contributed by atoms with Crippen molar-refractivity contribution in [2.45, 2.75) is 0 Å². The minimum Gasteiger partial charge on any atom is -0.412 e. The summed E-state index contributed by atoms with van der Waals surface area (Å²) in [5.74, 6) is 0. The Morgan fingerprint density at radius 3 is 1.43 bits per heavy atom. The summed E-state index contributed by atoms with van der Waals surface area (Å²) in [5, 5.41) is 13.6. The standard InChI is InChI=1S/HNO3.2H2O.Rh/c2-1(3)4;;;/h(H,2,3,4);2*1H2;. The van der Waals surface area contributed by atoms with Crippen LogP contribution in [0.5, 0.6) is 0 Å². The molecule has 0 saturated carbocycles. The molecule has 6 nitrogen and oxygen atoms in total. The normalized spacial score (nSPS) is 3.43. The van der Waals surface area contributed by atoms with E-state index in [9.17, 15) is 0 Å². The fraction of sp³-hybridized carbons (Fsp3) is 0. The average molecular weight is 202 g/mol. The van der Waals surface area contributed by atoms with Crippen molar-refractivity contribution in [2.75, 3.05) is 0 Å². The van der Waals surface area contributed by atoms with Crippen LogP contribution in [0.4, 0.5) is 0 Å². The Balaban J connectivity index is -0.0000000150. The van der Waals surface area contributed by atoms with Gasteiger partial charge in [0.15, 0.2) is 0 Å². The number of rotatable bonds is 0. The van der Waals surface area contributed by atoms with Gasteiger partial charge < -0.3 is 16.2 Å². The molecule has 0 aromatic rings. The van der Waals surface area contributed by atoms with Gasteiger partial charge in [-0.15, -0.1) is 10.1 Å². The van der Waals surface area contributed by atoms with Gasteiger partial charge in [-0.25, -0.2) is 0 Å². The summed E-state index contributed by atoms with van der Waals surface area (Å²) in [6.45, 7) is 0. The van der Waals surface area contributed by atoms with Crippen molar-refractivity contribution in [2.24, 2.45) is 0 Å². The fourth-order valence-electron chi connectivity index (χ4n) is 0. The summed E-state index contributed by atoms with van der Waals surface area (Å²) in [4.78, 5) is 8.36. The minimum absolute atomic E-state index is 0. The predicted octanol–water partition coefficient (Wildman–Crippen LogP) is -2.00. The van der Waals surface area contributed by atoms with Gasteiger partial charge in [0.2, 0.25) is 0 Å². The van der Waals surface area contributed by atoms with Gasteiger partial charge in [-0.1, -0.05) is 0 Å². The van der Waals surface area contributed by atoms with E-state index >= 15 is 0 Å². The summed E-state index contributed by atoms with van der Waals surface area (Å²) < 4.78 is 0. The molecule has 7 heteroatoms. The van der Waals surface area contributed by atoms with Gasteiger partial charge in [-0.3, -0.25) is 0 Å². The largest absolute Gasteiger partial charge is 0.412 e. The van der Waals surface area contributed by atoms with E-state index in [1.54, 1.807) is 0 Å². The molecule has 0 rings (SSSR count). The first-order chi connectivity index (χ1) is 1.73. The van der Waals surface area contributed by atoms with Crippen LogP contribution in [0.1, 0.15) is 0 Å². The van der Waals surface area contributed by atoms with Crippen LogP contribution in [0.2, 0.25) is 0 Å². The van der Waals surface area contributed by atoms with E-state index in [1.165, 1.54) is 0 Å². The maximum atomic E-state index is 8.36. The first-order valence-electron chi connectivity index (χ1n) is 0.565. The Morgan fingerprint density at radius 2 is 1.43 bits per heavy atom. The summed E-state index contributed by atoms with van der Waals surface area (Å²) >= 11 is 0. The molecular formula is H5NO5Rh. The fourth-order valence-corrected chi connectivity index (χ4v) is 0. The zero-order chi connectivity index (χ0) is 3.58. The van der Waals surface area contributed by atoms with E-state index in [4.69, 9.17) is 15.3 Å². The van der Waals surface area contributed by atoms with E-state index in [-0.39, 0.29) is 30.4 Å². The van der Waals surface area contributed by atoms with Crippen LogP contribution >= 0.6 is 0 Å². The van der Waals surface area contributed by atoms with E-state index < -0.39 is 5.09 Å². The van der Waals surface area contributed by atoms with Crippen molar-refractivity contribution < 1.29 is 40.7 Å². The van der Waals surface area contributed by atoms with Crippen LogP contribution in [0.15, 0.2) is 0 Å². The Hall–Kier alpha value is -0.257. The average Bonchev–Trinajstić information content (AvgIpc) is 0.811. The molecule has 0 atom stereocenters. The minimum atomic E-state index is -1.50. The Kier molecular flexibility index (Phi) is 72.5. The molecule has 0 saturated heterocycles. The molecule has 1 radical (unpaired) electrons. The maximum absolute atomic E-state index is 8.36. The number of hydrogen-bond donors (Lipinski definition) is 1. The van der Waals surface area contributed by atoms with Gasteiger partial charge in [0, 0.05) is 19.5 Å². The van der Waals surface area contributed by atoms with Crippen LogP contribution in [0.25, 0.3) is 0 Å². The molecule has 5 N–H and O–H groups in total. The van der Waals surface area contributed by atoms with E-state index in [1.807, 2.05) is 0 Å². The molecule has 0 bridgehead atoms. The van der Waals surface area contributed by atoms with Gasteiger partial charge in [0.1, 0.15) is 0 Å². The molecular weight excluding hydrogens is 197 g/mol. The van der Waals surface area contributed by atoms with Crippen LogP contribution in [-0.4, -0.2) is 21.2 Å². The van der Waals surface area contributed by atoms with Crippen molar-refractivity contribution in [1.82, 2.24) is 0 Å². The van der Waals surface area contributed by atoms with E-state index in [2.05, 4.69) is 0 Å². The van der Waals surface area contributed by atoms with Crippen molar-refractivity contribution >= 4 is 0 Å². The van der Waals surface area contributed by atoms with Crippen LogP contribution in [-0.2, 0) is 19.5 Å². The van der Waals surface area contributed by atoms with Crippen molar-refractivity contribution in [3.05, 3.63) is 10.1 Å². The molecule has 0 unspecified atom stereocenters. The van der Waals surface area contributed by atoms with Crippen LogP contribution < -0.4 is 0 Å². The molecule has 0 aliphatic rings. The summed E-state index contributed by atoms with van der Waals surface area (Å²) in [6.07, 6.45) is 0. The van der Waals surface area contributed by atoms with Gasteiger partial charge in [-0.2, -0.15) is 0 Å². The van der Waals surface area contributed by atoms with E-state index in [0.717, 1.165) is 0 Å². The number of nitrogens with zero attached hydrogens (tertiary/aromatic N) is 1. The zero-order valence-corrected chi connectivity index (χ0v) is 4.68. The molecule has 0 amide bonds. The molecule has 0 heterocycles. The second kappa shape index (κ2) is 17.2. The molecule has 0 aliphatic carbocycles. The van der Waals surface area contributed by atoms with Gasteiger partial charge >= 0.3 is 0 Å². The maximum Gasteiger partial charge on any atom is 0.291 e. The van der Waals surface area contributed by atoms with Gasteiger partial charge in [0.25, 0.3) is 5.09 Å². The third-order valence-corrected chi connectivity index (χ3v) is 0. The first kappa shape index (κ1) is 29.6. The molecule has 0 aromatic carbocycles. The Morgan fingerprint density at radius 1 is 1.43 bits per heavy atom. The Bertz CT molecular complexity index is 31.1. The third kappa shape index (κ3) is 1220. The molecule has 0 fully saturated rings. The second-order valence-electron chi connectivity index (χ2n) is 0.238. The SMILES string of the molecule is O.O.O=[N+]([O-])O.[Rh]. The van der Waals surface area contributed by atoms with E-state index in [0.29, 0.717) is 0 Å². The molecule has 0 aliphatic heterocycles. The first-order valence-corrected chi connectivity index (χ1v) is 0.565. The molecule has 7 heavy (non-hydrogen) atoms. The second-order valence-corrected chi connectivity index (χ2v) is 0.238. The van der Waals surface area contributed by atoms with Gasteiger partial charge in [0.05, 0.1) is 0 Å². The molecule has 0 spiro atoms. The van der Waals surface area contributed by atoms with Crippen LogP contribution in [0, 0.1) is 10.1 Å². The van der Waals surface area contributed by atoms with Crippen LogP contribution in [0.3, 0.4) is 0 Å². The monoisotopic (exact) mass is 202 g/mol. The van der Waals surface area contributed by atoms with Crippen molar-refractivity contribution in [3.63, 3.8) is 0 Å². The summed E-state index contributed by atoms with van der Waals surface area (Å²) in [5.41, 5.74) is 0. The summed E-state index contributed by atoms with van der Waals surface area (Å²) in [6, 6.07) is 0. The van der Waals surface area contributed by atoms with Gasteiger partial charge in [-0.05, 0) is 0 Å². The predicted molar refractivity (Wildman–Crippen MR) is 16.0 cm³/mol. The van der Waals surface area contributed by atoms with Crippen molar-refractivity contribution in [3.8, 4) is 0 Å². The molecule has 0 aromatic heterocycles. The van der Waals surface area contributed by atoms with Crippen molar-refractivity contribution in [1.29, 1.82) is 0 Å². The summed E-state index contributed by atoms with van der Waals surface area (Å²) in [7, 11) is 0. The quantitative estimate of drug-likeness (QED) is 0.277. The zero-order valence-electron chi connectivity index (χ0n) is 3.04.